The van der Waals surface area contributed by atoms with Crippen molar-refractivity contribution in [3.63, 3.8) is 0 Å². The predicted molar refractivity (Wildman–Crippen MR) is 135 cm³/mol. The van der Waals surface area contributed by atoms with E-state index in [-0.39, 0.29) is 24.5 Å². The normalized spacial score (nSPS) is 14.1. The van der Waals surface area contributed by atoms with Crippen molar-refractivity contribution in [1.82, 2.24) is 9.88 Å². The second-order valence-corrected chi connectivity index (χ2v) is 9.42. The fourth-order valence-electron chi connectivity index (χ4n) is 4.05. The number of aromatic nitrogens is 1. The number of ether oxygens (including phenoxy) is 3. The van der Waals surface area contributed by atoms with E-state index in [2.05, 4.69) is 16.7 Å². The number of hydrogen-bond donors (Lipinski definition) is 0. The number of carbonyl (C=O) groups is 1. The van der Waals surface area contributed by atoms with Gasteiger partial charge in [0.2, 0.25) is 0 Å². The Morgan fingerprint density at radius 1 is 1.22 bits per heavy atom. The number of allylic oxidation sites excluding steroid dienone is 1. The van der Waals surface area contributed by atoms with Gasteiger partial charge in [-0.3, -0.25) is 9.98 Å². The van der Waals surface area contributed by atoms with Gasteiger partial charge in [-0.2, -0.15) is 0 Å². The maximum Gasteiger partial charge on any atom is 0.410 e. The highest BCUT2D eigenvalue weighted by Gasteiger charge is 2.27. The number of rotatable bonds is 8. The van der Waals surface area contributed by atoms with Crippen LogP contribution in [0.15, 0.2) is 29.4 Å². The fraction of sp³-hybridized carbons (Fsp3) is 0.444. The zero-order valence-electron chi connectivity index (χ0n) is 21.5. The first-order valence-electron chi connectivity index (χ1n) is 11.8. The van der Waals surface area contributed by atoms with Gasteiger partial charge in [-0.15, -0.1) is 0 Å². The van der Waals surface area contributed by atoms with Crippen molar-refractivity contribution in [1.29, 1.82) is 0 Å². The molecule has 0 unspecified atom stereocenters. The number of carbonyl (C=O) groups excluding carboxylic acids is 1. The highest BCUT2D eigenvalue weighted by molar-refractivity contribution is 5.93. The van der Waals surface area contributed by atoms with E-state index in [1.165, 1.54) is 7.11 Å². The quantitative estimate of drug-likeness (QED) is 0.345. The minimum absolute atomic E-state index is 0.0598. The second-order valence-electron chi connectivity index (χ2n) is 9.42. The summed E-state index contributed by atoms with van der Waals surface area (Å²) in [4.78, 5) is 23.0. The van der Waals surface area contributed by atoms with E-state index in [9.17, 15) is 9.18 Å². The first-order valence-corrected chi connectivity index (χ1v) is 11.8. The molecule has 1 aliphatic rings. The first-order chi connectivity index (χ1) is 17.1. The third-order valence-electron chi connectivity index (χ3n) is 5.63. The third-order valence-corrected chi connectivity index (χ3v) is 5.63. The van der Waals surface area contributed by atoms with Gasteiger partial charge in [0.05, 0.1) is 24.4 Å². The van der Waals surface area contributed by atoms with Crippen molar-refractivity contribution in [2.45, 2.75) is 52.7 Å². The largest absolute Gasteiger partial charge is 0.490 e. The zero-order chi connectivity index (χ0) is 26.5. The topological polar surface area (TPSA) is 73.3 Å². The number of aliphatic imine (C=N–C) groups is 1. The van der Waals surface area contributed by atoms with E-state index in [0.29, 0.717) is 42.8 Å². The second kappa shape index (κ2) is 11.6. The Bertz CT molecular complexity index is 1160. The van der Waals surface area contributed by atoms with Crippen molar-refractivity contribution in [2.75, 3.05) is 26.9 Å². The molecule has 0 radical (unpaired) electrons. The van der Waals surface area contributed by atoms with Crippen LogP contribution in [0.4, 0.5) is 13.6 Å². The number of fused-ring (bicyclic) bond motifs is 1. The molecule has 0 saturated carbocycles. The van der Waals surface area contributed by atoms with Crippen LogP contribution in [0.3, 0.4) is 0 Å². The molecule has 1 aromatic carbocycles. The van der Waals surface area contributed by atoms with Gasteiger partial charge in [-0.1, -0.05) is 6.92 Å². The summed E-state index contributed by atoms with van der Waals surface area (Å²) in [6.45, 7) is 12.2. The van der Waals surface area contributed by atoms with Crippen molar-refractivity contribution in [2.24, 2.45) is 4.99 Å². The van der Waals surface area contributed by atoms with Gasteiger partial charge >= 0.3 is 6.09 Å². The molecule has 1 aromatic heterocycles. The summed E-state index contributed by atoms with van der Waals surface area (Å²) in [6.07, 6.45) is 2.23. The summed E-state index contributed by atoms with van der Waals surface area (Å²) in [5, 5.41) is 0. The Morgan fingerprint density at radius 2 is 1.97 bits per heavy atom. The molecule has 0 bridgehead atoms. The summed E-state index contributed by atoms with van der Waals surface area (Å²) in [5.74, 6) is -1.45. The molecule has 9 heteroatoms. The van der Waals surface area contributed by atoms with Crippen LogP contribution in [0, 0.1) is 11.6 Å². The predicted octanol–water partition coefficient (Wildman–Crippen LogP) is 5.66. The van der Waals surface area contributed by atoms with Gasteiger partial charge in [-0.05, 0) is 51.1 Å². The van der Waals surface area contributed by atoms with Crippen LogP contribution in [0.25, 0.3) is 11.3 Å². The fourth-order valence-corrected chi connectivity index (χ4v) is 4.05. The molecule has 36 heavy (non-hydrogen) atoms. The number of halogens is 2. The molecule has 194 valence electrons. The molecule has 2 aromatic rings. The van der Waals surface area contributed by atoms with E-state index in [1.807, 2.05) is 33.8 Å². The maximum atomic E-state index is 15.1. The van der Waals surface area contributed by atoms with Crippen molar-refractivity contribution in [3.05, 3.63) is 58.4 Å². The molecule has 7 nitrogen and oxygen atoms in total. The molecule has 1 amide bonds. The molecule has 0 atom stereocenters. The van der Waals surface area contributed by atoms with Crippen LogP contribution < -0.4 is 4.74 Å². The lowest BCUT2D eigenvalue weighted by Crippen LogP contribution is -2.40. The molecule has 0 spiro atoms. The SMILES string of the molecule is C=N/C(=C(\CC)c1c(F)cc(F)cc1OCCOC)c1cnc2c(c1)CN(C(=O)OC(C)(C)C)CC2. The summed E-state index contributed by atoms with van der Waals surface area (Å²) < 4.78 is 45.3. The van der Waals surface area contributed by atoms with Crippen LogP contribution >= 0.6 is 0 Å². The van der Waals surface area contributed by atoms with Crippen molar-refractivity contribution < 1.29 is 27.8 Å². The van der Waals surface area contributed by atoms with Crippen LogP contribution in [0.1, 0.15) is 56.5 Å². The summed E-state index contributed by atoms with van der Waals surface area (Å²) >= 11 is 0. The van der Waals surface area contributed by atoms with E-state index in [4.69, 9.17) is 14.2 Å². The highest BCUT2D eigenvalue weighted by atomic mass is 19.1. The lowest BCUT2D eigenvalue weighted by atomic mass is 9.95. The number of methoxy groups -OCH3 is 1. The Kier molecular flexibility index (Phi) is 8.79. The molecular weight excluding hydrogens is 468 g/mol. The molecule has 0 fully saturated rings. The standard InChI is InChI=1S/C27H33F2N3O4/c1-7-20(24-21(29)13-19(28)14-23(24)35-11-10-34-6)25(30-5)17-12-18-16-32(9-8-22(18)31-15-17)26(33)36-27(2,3)4/h12-15H,5,7-11,16H2,1-4,6H3/b25-20+. The van der Waals surface area contributed by atoms with E-state index in [0.717, 1.165) is 23.4 Å². The van der Waals surface area contributed by atoms with Gasteiger partial charge in [-0.25, -0.2) is 13.6 Å². The molecular formula is C27H33F2N3O4. The summed E-state index contributed by atoms with van der Waals surface area (Å²) in [6, 6.07) is 3.85. The number of amides is 1. The Balaban J connectivity index is 2.03. The van der Waals surface area contributed by atoms with E-state index < -0.39 is 23.3 Å². The number of benzene rings is 1. The monoisotopic (exact) mass is 501 g/mol. The molecule has 2 heterocycles. The number of nitrogens with zero attached hydrogens (tertiary/aromatic N) is 3. The zero-order valence-corrected chi connectivity index (χ0v) is 21.5. The van der Waals surface area contributed by atoms with Gasteiger partial charge < -0.3 is 19.1 Å². The smallest absolute Gasteiger partial charge is 0.410 e. The Morgan fingerprint density at radius 3 is 2.61 bits per heavy atom. The van der Waals surface area contributed by atoms with Gasteiger partial charge in [0.15, 0.2) is 0 Å². The third kappa shape index (κ3) is 6.46. The lowest BCUT2D eigenvalue weighted by molar-refractivity contribution is 0.0222. The average Bonchev–Trinajstić information content (AvgIpc) is 2.81. The molecule has 0 N–H and O–H groups in total. The molecule has 0 aliphatic carbocycles. The summed E-state index contributed by atoms with van der Waals surface area (Å²) in [5.41, 5.74) is 2.75. The van der Waals surface area contributed by atoms with Crippen LogP contribution in [-0.4, -0.2) is 55.2 Å². The van der Waals surface area contributed by atoms with Gasteiger partial charge in [0.25, 0.3) is 0 Å². The first kappa shape index (κ1) is 27.3. The minimum atomic E-state index is -0.762. The van der Waals surface area contributed by atoms with Crippen molar-refractivity contribution in [3.8, 4) is 5.75 Å². The van der Waals surface area contributed by atoms with Gasteiger partial charge in [0, 0.05) is 49.7 Å². The summed E-state index contributed by atoms with van der Waals surface area (Å²) in [7, 11) is 1.51. The maximum absolute atomic E-state index is 15.1. The molecule has 1 aliphatic heterocycles. The minimum Gasteiger partial charge on any atom is -0.490 e. The lowest BCUT2D eigenvalue weighted by Gasteiger charge is -2.31. The number of hydrogen-bond acceptors (Lipinski definition) is 6. The number of pyridine rings is 1. The highest BCUT2D eigenvalue weighted by Crippen LogP contribution is 2.38. The van der Waals surface area contributed by atoms with Crippen LogP contribution in [0.5, 0.6) is 5.75 Å². The van der Waals surface area contributed by atoms with E-state index in [1.54, 1.807) is 11.1 Å². The molecule has 0 saturated heterocycles. The van der Waals surface area contributed by atoms with E-state index >= 15 is 4.39 Å². The Labute approximate surface area is 210 Å². The molecule has 3 rings (SSSR count). The average molecular weight is 502 g/mol. The van der Waals surface area contributed by atoms with Crippen molar-refractivity contribution >= 4 is 24.1 Å². The van der Waals surface area contributed by atoms with Crippen LogP contribution in [-0.2, 0) is 22.4 Å². The Hall–Kier alpha value is -3.33. The van der Waals surface area contributed by atoms with Gasteiger partial charge in [0.1, 0.15) is 29.6 Å². The van der Waals surface area contributed by atoms with Crippen LogP contribution in [0.2, 0.25) is 0 Å².